The van der Waals surface area contributed by atoms with Gasteiger partial charge in [-0.25, -0.2) is 0 Å². The van der Waals surface area contributed by atoms with Crippen molar-refractivity contribution in [3.63, 3.8) is 0 Å². The zero-order valence-corrected chi connectivity index (χ0v) is 11.0. The minimum atomic E-state index is 0.122. The Morgan fingerprint density at radius 1 is 1.05 bits per heavy atom. The predicted octanol–water partition coefficient (Wildman–Crippen LogP) is 2.20. The molecule has 0 saturated heterocycles. The van der Waals surface area contributed by atoms with Crippen molar-refractivity contribution in [2.45, 2.75) is 5.92 Å². The average Bonchev–Trinajstić information content (AvgIpc) is 2.50. The Balaban J connectivity index is 2.27. The Morgan fingerprint density at radius 2 is 1.55 bits per heavy atom. The summed E-state index contributed by atoms with van der Waals surface area (Å²) >= 11 is 0. The molecule has 4 heteroatoms. The van der Waals surface area contributed by atoms with Crippen molar-refractivity contribution in [2.24, 2.45) is 10.7 Å². The van der Waals surface area contributed by atoms with Gasteiger partial charge in [-0.3, -0.25) is 10.3 Å². The van der Waals surface area contributed by atoms with Crippen LogP contribution in [0.3, 0.4) is 0 Å². The highest BCUT2D eigenvalue weighted by molar-refractivity contribution is 5.79. The largest absolute Gasteiger partial charge is 0.369 e. The molecule has 0 spiro atoms. The number of nitrogens with one attached hydrogen (secondary N) is 1. The number of nitrogens with zero attached hydrogens (tertiary/aromatic N) is 2. The SMILES string of the molecule is N#CNC(N)=NCC(c1ccccc1)c1ccccc1. The number of guanidine groups is 1. The van der Waals surface area contributed by atoms with Crippen molar-refractivity contribution in [2.75, 3.05) is 6.54 Å². The van der Waals surface area contributed by atoms with Crippen LogP contribution in [0, 0.1) is 11.5 Å². The van der Waals surface area contributed by atoms with E-state index in [0.29, 0.717) is 6.54 Å². The fraction of sp³-hybridized carbons (Fsp3) is 0.125. The molecule has 2 rings (SSSR count). The molecule has 100 valence electrons. The third-order valence-corrected chi connectivity index (χ3v) is 3.03. The van der Waals surface area contributed by atoms with Crippen LogP contribution in [-0.2, 0) is 0 Å². The molecule has 0 saturated carbocycles. The quantitative estimate of drug-likeness (QED) is 0.385. The second-order valence-electron chi connectivity index (χ2n) is 4.34. The predicted molar refractivity (Wildman–Crippen MR) is 80.0 cm³/mol. The maximum atomic E-state index is 8.51. The van der Waals surface area contributed by atoms with E-state index in [4.69, 9.17) is 11.0 Å². The van der Waals surface area contributed by atoms with Crippen LogP contribution in [0.15, 0.2) is 65.7 Å². The summed E-state index contributed by atoms with van der Waals surface area (Å²) in [6.07, 6.45) is 1.76. The first-order valence-electron chi connectivity index (χ1n) is 6.36. The van der Waals surface area contributed by atoms with E-state index in [1.807, 2.05) is 36.4 Å². The lowest BCUT2D eigenvalue weighted by Crippen LogP contribution is -2.28. The maximum Gasteiger partial charge on any atom is 0.202 e. The number of hydrogen-bond donors (Lipinski definition) is 2. The lowest BCUT2D eigenvalue weighted by molar-refractivity contribution is 0.815. The molecule has 0 aliphatic rings. The molecule has 0 radical (unpaired) electrons. The smallest absolute Gasteiger partial charge is 0.202 e. The van der Waals surface area contributed by atoms with E-state index in [9.17, 15) is 0 Å². The van der Waals surface area contributed by atoms with Gasteiger partial charge < -0.3 is 5.73 Å². The van der Waals surface area contributed by atoms with Crippen LogP contribution in [0.5, 0.6) is 0 Å². The van der Waals surface area contributed by atoms with Gasteiger partial charge in [0, 0.05) is 5.92 Å². The number of aliphatic imine (C=N–C) groups is 1. The second-order valence-corrected chi connectivity index (χ2v) is 4.34. The van der Waals surface area contributed by atoms with Crippen molar-refractivity contribution in [3.8, 4) is 6.19 Å². The third kappa shape index (κ3) is 3.59. The van der Waals surface area contributed by atoms with Gasteiger partial charge in [-0.2, -0.15) is 5.26 Å². The van der Waals surface area contributed by atoms with Gasteiger partial charge in [-0.1, -0.05) is 60.7 Å². The van der Waals surface area contributed by atoms with Gasteiger partial charge in [0.25, 0.3) is 0 Å². The van der Waals surface area contributed by atoms with E-state index in [1.54, 1.807) is 6.19 Å². The molecule has 0 unspecified atom stereocenters. The molecule has 0 aliphatic carbocycles. The van der Waals surface area contributed by atoms with Crippen LogP contribution >= 0.6 is 0 Å². The molecule has 0 fully saturated rings. The van der Waals surface area contributed by atoms with E-state index in [2.05, 4.69) is 34.6 Å². The van der Waals surface area contributed by atoms with Crippen molar-refractivity contribution >= 4 is 5.96 Å². The zero-order valence-electron chi connectivity index (χ0n) is 11.0. The highest BCUT2D eigenvalue weighted by atomic mass is 15.1. The van der Waals surface area contributed by atoms with Gasteiger partial charge >= 0.3 is 0 Å². The average molecular weight is 264 g/mol. The van der Waals surface area contributed by atoms with Gasteiger partial charge in [0.2, 0.25) is 5.96 Å². The first-order valence-corrected chi connectivity index (χ1v) is 6.36. The molecule has 0 amide bonds. The van der Waals surface area contributed by atoms with Crippen LogP contribution in [0.4, 0.5) is 0 Å². The lowest BCUT2D eigenvalue weighted by atomic mass is 9.91. The molecule has 4 nitrogen and oxygen atoms in total. The summed E-state index contributed by atoms with van der Waals surface area (Å²) in [5.74, 6) is 0.265. The normalized spacial score (nSPS) is 11.1. The topological polar surface area (TPSA) is 74.2 Å². The molecule has 2 aromatic carbocycles. The summed E-state index contributed by atoms with van der Waals surface area (Å²) in [5.41, 5.74) is 7.95. The molecule has 0 aromatic heterocycles. The molecule has 20 heavy (non-hydrogen) atoms. The third-order valence-electron chi connectivity index (χ3n) is 3.03. The summed E-state index contributed by atoms with van der Waals surface area (Å²) < 4.78 is 0. The lowest BCUT2D eigenvalue weighted by Gasteiger charge is -2.16. The van der Waals surface area contributed by atoms with Crippen LogP contribution in [-0.4, -0.2) is 12.5 Å². The second kappa shape index (κ2) is 6.95. The van der Waals surface area contributed by atoms with Crippen LogP contribution < -0.4 is 11.1 Å². The monoisotopic (exact) mass is 264 g/mol. The van der Waals surface area contributed by atoms with Crippen molar-refractivity contribution in [1.82, 2.24) is 5.32 Å². The van der Waals surface area contributed by atoms with Gasteiger partial charge in [-0.05, 0) is 11.1 Å². The summed E-state index contributed by atoms with van der Waals surface area (Å²) in [4.78, 5) is 4.23. The first-order chi connectivity index (χ1) is 9.81. The van der Waals surface area contributed by atoms with Crippen LogP contribution in [0.2, 0.25) is 0 Å². The summed E-state index contributed by atoms with van der Waals surface area (Å²) in [7, 11) is 0. The Hall–Kier alpha value is -2.80. The maximum absolute atomic E-state index is 8.51. The standard InChI is InChI=1S/C16H16N4/c17-12-20-16(18)19-11-15(13-7-3-1-4-8-13)14-9-5-2-6-10-14/h1-10,15H,11H2,(H3,18,19,20). The molecule has 0 bridgehead atoms. The highest BCUT2D eigenvalue weighted by Crippen LogP contribution is 2.24. The number of nitrogens with two attached hydrogens (primary N) is 1. The minimum absolute atomic E-state index is 0.122. The van der Waals surface area contributed by atoms with E-state index < -0.39 is 0 Å². The van der Waals surface area contributed by atoms with Crippen molar-refractivity contribution in [3.05, 3.63) is 71.8 Å². The molecule has 0 atom stereocenters. The summed E-state index contributed by atoms with van der Waals surface area (Å²) in [5, 5.41) is 10.9. The summed E-state index contributed by atoms with van der Waals surface area (Å²) in [6, 6.07) is 20.3. The number of benzene rings is 2. The van der Waals surface area contributed by atoms with Gasteiger partial charge in [0.05, 0.1) is 6.54 Å². The van der Waals surface area contributed by atoms with E-state index in [-0.39, 0.29) is 11.9 Å². The van der Waals surface area contributed by atoms with Crippen molar-refractivity contribution < 1.29 is 0 Å². The Labute approximate surface area is 118 Å². The number of hydrogen-bond acceptors (Lipinski definition) is 2. The Kier molecular flexibility index (Phi) is 4.74. The highest BCUT2D eigenvalue weighted by Gasteiger charge is 2.13. The van der Waals surface area contributed by atoms with E-state index in [1.165, 1.54) is 11.1 Å². The number of rotatable bonds is 4. The Bertz CT molecular complexity index is 560. The van der Waals surface area contributed by atoms with Crippen molar-refractivity contribution in [1.29, 1.82) is 5.26 Å². The molecule has 0 aliphatic heterocycles. The molecule has 2 aromatic rings. The zero-order chi connectivity index (χ0) is 14.2. The summed E-state index contributed by atoms with van der Waals surface area (Å²) in [6.45, 7) is 0.495. The molecule has 0 heterocycles. The fourth-order valence-corrected chi connectivity index (χ4v) is 2.06. The van der Waals surface area contributed by atoms with Gasteiger partial charge in [0.1, 0.15) is 0 Å². The van der Waals surface area contributed by atoms with E-state index in [0.717, 1.165) is 0 Å². The van der Waals surface area contributed by atoms with Gasteiger partial charge in [-0.15, -0.1) is 0 Å². The number of nitriles is 1. The fourth-order valence-electron chi connectivity index (χ4n) is 2.06. The molecular formula is C16H16N4. The molecular weight excluding hydrogens is 248 g/mol. The Morgan fingerprint density at radius 3 is 2.00 bits per heavy atom. The van der Waals surface area contributed by atoms with Gasteiger partial charge in [0.15, 0.2) is 6.19 Å². The molecule has 3 N–H and O–H groups in total. The van der Waals surface area contributed by atoms with Crippen LogP contribution in [0.1, 0.15) is 17.0 Å². The first kappa shape index (κ1) is 13.6. The van der Waals surface area contributed by atoms with E-state index >= 15 is 0 Å². The van der Waals surface area contributed by atoms with Crippen LogP contribution in [0.25, 0.3) is 0 Å². The minimum Gasteiger partial charge on any atom is -0.369 e.